The Hall–Kier alpha value is -0.120. The first-order chi connectivity index (χ1) is 6.45. The van der Waals surface area contributed by atoms with Crippen molar-refractivity contribution in [3.05, 3.63) is 0 Å². The number of rotatable bonds is 2. The van der Waals surface area contributed by atoms with Gasteiger partial charge in [0.2, 0.25) is 0 Å². The lowest BCUT2D eigenvalue weighted by Crippen LogP contribution is -2.53. The monoisotopic (exact) mass is 183 g/mol. The number of hydrogen-bond donors (Lipinski definition) is 2. The van der Waals surface area contributed by atoms with Gasteiger partial charge in [0.05, 0.1) is 0 Å². The van der Waals surface area contributed by atoms with Crippen LogP contribution in [0.4, 0.5) is 0 Å². The molecule has 2 fully saturated rings. The summed E-state index contributed by atoms with van der Waals surface area (Å²) >= 11 is 0. The average molecular weight is 183 g/mol. The van der Waals surface area contributed by atoms with Gasteiger partial charge in [-0.15, -0.1) is 0 Å². The highest BCUT2D eigenvalue weighted by atomic mass is 15.2. The van der Waals surface area contributed by atoms with Crippen LogP contribution in [0, 0.1) is 0 Å². The fourth-order valence-corrected chi connectivity index (χ4v) is 2.30. The molecule has 2 N–H and O–H groups in total. The van der Waals surface area contributed by atoms with Crippen LogP contribution < -0.4 is 10.6 Å². The minimum Gasteiger partial charge on any atom is -0.314 e. The van der Waals surface area contributed by atoms with Crippen LogP contribution in [0.25, 0.3) is 0 Å². The van der Waals surface area contributed by atoms with Crippen LogP contribution in [0.3, 0.4) is 0 Å². The Morgan fingerprint density at radius 1 is 1.08 bits per heavy atom. The largest absolute Gasteiger partial charge is 0.314 e. The summed E-state index contributed by atoms with van der Waals surface area (Å²) in [5, 5.41) is 7.00. The van der Waals surface area contributed by atoms with Crippen molar-refractivity contribution >= 4 is 0 Å². The van der Waals surface area contributed by atoms with Crippen molar-refractivity contribution in [2.75, 3.05) is 39.3 Å². The molecule has 2 aliphatic rings. The molecule has 1 atom stereocenters. The Bertz CT molecular complexity index is 121. The second-order valence-corrected chi connectivity index (χ2v) is 4.22. The Morgan fingerprint density at radius 3 is 2.62 bits per heavy atom. The van der Waals surface area contributed by atoms with E-state index in [0.29, 0.717) is 6.04 Å². The molecule has 76 valence electrons. The van der Waals surface area contributed by atoms with Crippen molar-refractivity contribution < 1.29 is 0 Å². The summed E-state index contributed by atoms with van der Waals surface area (Å²) in [5.41, 5.74) is 0. The lowest BCUT2D eigenvalue weighted by molar-refractivity contribution is 0.197. The molecular formula is C10H21N3. The summed E-state index contributed by atoms with van der Waals surface area (Å²) in [4.78, 5) is 2.61. The Labute approximate surface area is 80.9 Å². The van der Waals surface area contributed by atoms with Crippen LogP contribution in [0.5, 0.6) is 0 Å². The number of piperidine rings is 1. The first-order valence-corrected chi connectivity index (χ1v) is 5.61. The smallest absolute Gasteiger partial charge is 0.0320 e. The highest BCUT2D eigenvalue weighted by Gasteiger charge is 2.17. The Kier molecular flexibility index (Phi) is 3.58. The van der Waals surface area contributed by atoms with Crippen molar-refractivity contribution in [3.63, 3.8) is 0 Å². The molecular weight excluding hydrogens is 162 g/mol. The average Bonchev–Trinajstić information content (AvgIpc) is 2.21. The van der Waals surface area contributed by atoms with Gasteiger partial charge in [0, 0.05) is 32.2 Å². The molecule has 3 nitrogen and oxygen atoms in total. The number of hydrogen-bond acceptors (Lipinski definition) is 3. The highest BCUT2D eigenvalue weighted by molar-refractivity contribution is 4.79. The summed E-state index contributed by atoms with van der Waals surface area (Å²) in [6.07, 6.45) is 4.24. The second-order valence-electron chi connectivity index (χ2n) is 4.22. The number of nitrogens with one attached hydrogen (secondary N) is 2. The van der Waals surface area contributed by atoms with E-state index in [2.05, 4.69) is 15.5 Å². The summed E-state index contributed by atoms with van der Waals surface area (Å²) in [7, 11) is 0. The first kappa shape index (κ1) is 9.44. The van der Waals surface area contributed by atoms with Crippen LogP contribution in [-0.2, 0) is 0 Å². The fraction of sp³-hybridized carbons (Fsp3) is 1.00. The molecule has 0 bridgehead atoms. The fourth-order valence-electron chi connectivity index (χ4n) is 2.30. The summed E-state index contributed by atoms with van der Waals surface area (Å²) in [5.74, 6) is 0. The molecule has 0 aliphatic carbocycles. The molecule has 0 spiro atoms. The van der Waals surface area contributed by atoms with Gasteiger partial charge in [-0.25, -0.2) is 0 Å². The molecule has 0 aromatic carbocycles. The van der Waals surface area contributed by atoms with E-state index in [1.165, 1.54) is 38.9 Å². The third-order valence-corrected chi connectivity index (χ3v) is 3.05. The molecule has 0 amide bonds. The van der Waals surface area contributed by atoms with Gasteiger partial charge in [0.1, 0.15) is 0 Å². The van der Waals surface area contributed by atoms with Gasteiger partial charge in [-0.3, -0.25) is 0 Å². The maximum atomic E-state index is 3.56. The van der Waals surface area contributed by atoms with Gasteiger partial charge in [-0.2, -0.15) is 0 Å². The summed E-state index contributed by atoms with van der Waals surface area (Å²) in [6, 6.07) is 0.687. The molecule has 2 aliphatic heterocycles. The van der Waals surface area contributed by atoms with Crippen molar-refractivity contribution in [1.82, 2.24) is 15.5 Å². The van der Waals surface area contributed by atoms with E-state index in [1.54, 1.807) is 0 Å². The minimum absolute atomic E-state index is 0.687. The topological polar surface area (TPSA) is 27.3 Å². The van der Waals surface area contributed by atoms with E-state index < -0.39 is 0 Å². The van der Waals surface area contributed by atoms with Crippen LogP contribution in [-0.4, -0.2) is 50.2 Å². The zero-order chi connectivity index (χ0) is 8.93. The molecule has 0 saturated carbocycles. The normalized spacial score (nSPS) is 31.8. The molecule has 0 radical (unpaired) electrons. The van der Waals surface area contributed by atoms with Gasteiger partial charge in [-0.05, 0) is 25.9 Å². The summed E-state index contributed by atoms with van der Waals surface area (Å²) in [6.45, 7) is 7.30. The Balaban J connectivity index is 1.69. The molecule has 2 rings (SSSR count). The van der Waals surface area contributed by atoms with Crippen LogP contribution in [0.2, 0.25) is 0 Å². The van der Waals surface area contributed by atoms with Gasteiger partial charge >= 0.3 is 0 Å². The van der Waals surface area contributed by atoms with Gasteiger partial charge in [0.15, 0.2) is 0 Å². The number of piperazine rings is 1. The van der Waals surface area contributed by atoms with Crippen LogP contribution in [0.15, 0.2) is 0 Å². The molecule has 13 heavy (non-hydrogen) atoms. The predicted octanol–water partition coefficient (Wildman–Crippen LogP) is 0.0337. The van der Waals surface area contributed by atoms with Crippen LogP contribution >= 0.6 is 0 Å². The van der Waals surface area contributed by atoms with E-state index in [9.17, 15) is 0 Å². The van der Waals surface area contributed by atoms with Gasteiger partial charge < -0.3 is 15.5 Å². The maximum Gasteiger partial charge on any atom is 0.0320 e. The molecule has 1 unspecified atom stereocenters. The van der Waals surface area contributed by atoms with Gasteiger partial charge in [0.25, 0.3) is 0 Å². The third-order valence-electron chi connectivity index (χ3n) is 3.05. The van der Waals surface area contributed by atoms with E-state index in [0.717, 1.165) is 19.6 Å². The molecule has 2 saturated heterocycles. The SMILES string of the molecule is C1CCN(CC2CNCCN2)CC1. The molecule has 3 heteroatoms. The number of nitrogens with zero attached hydrogens (tertiary/aromatic N) is 1. The van der Waals surface area contributed by atoms with Crippen molar-refractivity contribution in [1.29, 1.82) is 0 Å². The van der Waals surface area contributed by atoms with Crippen molar-refractivity contribution in [2.24, 2.45) is 0 Å². The molecule has 2 heterocycles. The summed E-state index contributed by atoms with van der Waals surface area (Å²) < 4.78 is 0. The lowest BCUT2D eigenvalue weighted by atomic mass is 10.1. The van der Waals surface area contributed by atoms with E-state index in [-0.39, 0.29) is 0 Å². The van der Waals surface area contributed by atoms with E-state index in [1.807, 2.05) is 0 Å². The van der Waals surface area contributed by atoms with Gasteiger partial charge in [-0.1, -0.05) is 6.42 Å². The third kappa shape index (κ3) is 2.93. The molecule has 0 aromatic rings. The standard InChI is InChI=1S/C10H21N3/c1-2-6-13(7-3-1)9-10-8-11-4-5-12-10/h10-12H,1-9H2. The highest BCUT2D eigenvalue weighted by Crippen LogP contribution is 2.08. The van der Waals surface area contributed by atoms with E-state index in [4.69, 9.17) is 0 Å². The minimum atomic E-state index is 0.687. The maximum absolute atomic E-state index is 3.56. The molecule has 0 aromatic heterocycles. The zero-order valence-electron chi connectivity index (χ0n) is 8.39. The Morgan fingerprint density at radius 2 is 1.92 bits per heavy atom. The van der Waals surface area contributed by atoms with Crippen molar-refractivity contribution in [3.8, 4) is 0 Å². The van der Waals surface area contributed by atoms with Crippen LogP contribution in [0.1, 0.15) is 19.3 Å². The van der Waals surface area contributed by atoms with E-state index >= 15 is 0 Å². The quantitative estimate of drug-likeness (QED) is 0.633. The van der Waals surface area contributed by atoms with Crippen molar-refractivity contribution in [2.45, 2.75) is 25.3 Å². The second kappa shape index (κ2) is 4.94. The first-order valence-electron chi connectivity index (χ1n) is 5.61. The number of likely N-dealkylation sites (tertiary alicyclic amines) is 1. The predicted molar refractivity (Wildman–Crippen MR) is 55.0 cm³/mol. The zero-order valence-corrected chi connectivity index (χ0v) is 8.39. The lowest BCUT2D eigenvalue weighted by Gasteiger charge is -2.33.